The van der Waals surface area contributed by atoms with E-state index in [1.54, 1.807) is 6.92 Å². The van der Waals surface area contributed by atoms with Crippen LogP contribution in [0.4, 0.5) is 10.1 Å². The molecule has 0 aromatic heterocycles. The molecule has 0 heterocycles. The Hall–Kier alpha value is -0.810. The molecule has 1 aromatic carbocycles. The standard InChI is InChI=1S/C12H13BrClFN2O/c1-6(12(18)17-8-2-3-8)16-11-9(13)4-7(15)5-10(11)14/h4-6,8,16H,2-3H2,1H3,(H,17,18). The summed E-state index contributed by atoms with van der Waals surface area (Å²) in [4.78, 5) is 11.8. The molecule has 1 fully saturated rings. The summed E-state index contributed by atoms with van der Waals surface area (Å²) in [6.45, 7) is 1.74. The topological polar surface area (TPSA) is 41.1 Å². The van der Waals surface area contributed by atoms with Gasteiger partial charge in [0.25, 0.3) is 0 Å². The molecule has 18 heavy (non-hydrogen) atoms. The zero-order valence-corrected chi connectivity index (χ0v) is 12.1. The fraction of sp³-hybridized carbons (Fsp3) is 0.417. The lowest BCUT2D eigenvalue weighted by molar-refractivity contribution is -0.121. The van der Waals surface area contributed by atoms with Crippen molar-refractivity contribution in [1.29, 1.82) is 0 Å². The first-order valence-electron chi connectivity index (χ1n) is 5.69. The van der Waals surface area contributed by atoms with Crippen molar-refractivity contribution in [2.75, 3.05) is 5.32 Å². The minimum absolute atomic E-state index is 0.0789. The van der Waals surface area contributed by atoms with Crippen LogP contribution in [-0.2, 0) is 4.79 Å². The van der Waals surface area contributed by atoms with E-state index in [4.69, 9.17) is 11.6 Å². The van der Waals surface area contributed by atoms with Gasteiger partial charge in [0.1, 0.15) is 11.9 Å². The van der Waals surface area contributed by atoms with E-state index in [0.717, 1.165) is 12.8 Å². The van der Waals surface area contributed by atoms with Gasteiger partial charge in [-0.2, -0.15) is 0 Å². The maximum absolute atomic E-state index is 13.1. The van der Waals surface area contributed by atoms with Crippen LogP contribution in [-0.4, -0.2) is 18.0 Å². The van der Waals surface area contributed by atoms with Crippen LogP contribution in [0.25, 0.3) is 0 Å². The van der Waals surface area contributed by atoms with E-state index < -0.39 is 11.9 Å². The van der Waals surface area contributed by atoms with Gasteiger partial charge >= 0.3 is 0 Å². The minimum atomic E-state index is -0.426. The van der Waals surface area contributed by atoms with E-state index in [1.165, 1.54) is 12.1 Å². The minimum Gasteiger partial charge on any atom is -0.372 e. The van der Waals surface area contributed by atoms with Crippen molar-refractivity contribution in [2.45, 2.75) is 31.8 Å². The lowest BCUT2D eigenvalue weighted by Gasteiger charge is -2.17. The van der Waals surface area contributed by atoms with Gasteiger partial charge in [0.2, 0.25) is 5.91 Å². The van der Waals surface area contributed by atoms with Crippen LogP contribution >= 0.6 is 27.5 Å². The summed E-state index contributed by atoms with van der Waals surface area (Å²) in [5.74, 6) is -0.502. The Labute approximate surface area is 118 Å². The molecular formula is C12H13BrClFN2O. The van der Waals surface area contributed by atoms with Crippen molar-refractivity contribution >= 4 is 39.1 Å². The van der Waals surface area contributed by atoms with Gasteiger partial charge in [-0.15, -0.1) is 0 Å². The number of rotatable bonds is 4. The molecule has 1 unspecified atom stereocenters. The molecule has 1 saturated carbocycles. The molecule has 1 aromatic rings. The Balaban J connectivity index is 2.05. The lowest BCUT2D eigenvalue weighted by Crippen LogP contribution is -2.38. The molecule has 2 N–H and O–H groups in total. The molecule has 6 heteroatoms. The fourth-order valence-corrected chi connectivity index (χ4v) is 2.44. The predicted molar refractivity (Wildman–Crippen MR) is 73.4 cm³/mol. The van der Waals surface area contributed by atoms with Crippen molar-refractivity contribution < 1.29 is 9.18 Å². The normalized spacial score (nSPS) is 16.2. The highest BCUT2D eigenvalue weighted by atomic mass is 79.9. The van der Waals surface area contributed by atoms with Gasteiger partial charge in [0.15, 0.2) is 0 Å². The smallest absolute Gasteiger partial charge is 0.242 e. The molecule has 1 aliphatic rings. The van der Waals surface area contributed by atoms with E-state index in [2.05, 4.69) is 26.6 Å². The maximum atomic E-state index is 13.1. The molecule has 1 aliphatic carbocycles. The molecule has 0 saturated heterocycles. The van der Waals surface area contributed by atoms with Gasteiger partial charge in [-0.05, 0) is 47.8 Å². The molecular weight excluding hydrogens is 323 g/mol. The summed E-state index contributed by atoms with van der Waals surface area (Å²) in [7, 11) is 0. The average Bonchev–Trinajstić information content (AvgIpc) is 3.06. The molecule has 1 amide bonds. The second-order valence-electron chi connectivity index (χ2n) is 4.39. The third-order valence-electron chi connectivity index (χ3n) is 2.68. The van der Waals surface area contributed by atoms with Crippen molar-refractivity contribution in [3.05, 3.63) is 27.4 Å². The number of anilines is 1. The van der Waals surface area contributed by atoms with Crippen LogP contribution in [0.2, 0.25) is 5.02 Å². The van der Waals surface area contributed by atoms with Crippen LogP contribution in [0.3, 0.4) is 0 Å². The SMILES string of the molecule is CC(Nc1c(Cl)cc(F)cc1Br)C(=O)NC1CC1. The van der Waals surface area contributed by atoms with Crippen LogP contribution in [0.1, 0.15) is 19.8 Å². The summed E-state index contributed by atoms with van der Waals surface area (Å²) in [6, 6.07) is 2.40. The highest BCUT2D eigenvalue weighted by Gasteiger charge is 2.26. The number of amides is 1. The number of hydrogen-bond acceptors (Lipinski definition) is 2. The van der Waals surface area contributed by atoms with Gasteiger partial charge in [-0.1, -0.05) is 11.6 Å². The Kier molecular flexibility index (Phi) is 4.12. The molecule has 1 atom stereocenters. The lowest BCUT2D eigenvalue weighted by atomic mass is 10.2. The van der Waals surface area contributed by atoms with Gasteiger partial charge < -0.3 is 10.6 Å². The number of hydrogen-bond donors (Lipinski definition) is 2. The Morgan fingerprint density at radius 1 is 1.56 bits per heavy atom. The summed E-state index contributed by atoms with van der Waals surface area (Å²) in [5, 5.41) is 6.11. The monoisotopic (exact) mass is 334 g/mol. The molecule has 0 bridgehead atoms. The highest BCUT2D eigenvalue weighted by molar-refractivity contribution is 9.10. The Morgan fingerprint density at radius 3 is 2.78 bits per heavy atom. The van der Waals surface area contributed by atoms with E-state index in [0.29, 0.717) is 16.2 Å². The molecule has 2 rings (SSSR count). The highest BCUT2D eigenvalue weighted by Crippen LogP contribution is 2.32. The zero-order chi connectivity index (χ0) is 13.3. The van der Waals surface area contributed by atoms with E-state index in [-0.39, 0.29) is 10.9 Å². The average molecular weight is 336 g/mol. The largest absolute Gasteiger partial charge is 0.372 e. The molecule has 0 aliphatic heterocycles. The predicted octanol–water partition coefficient (Wildman–Crippen LogP) is 3.32. The second kappa shape index (κ2) is 5.45. The second-order valence-corrected chi connectivity index (χ2v) is 5.65. The van der Waals surface area contributed by atoms with E-state index >= 15 is 0 Å². The van der Waals surface area contributed by atoms with E-state index in [9.17, 15) is 9.18 Å². The first-order chi connectivity index (χ1) is 8.47. The first kappa shape index (κ1) is 13.6. The van der Waals surface area contributed by atoms with Crippen molar-refractivity contribution in [2.24, 2.45) is 0 Å². The third kappa shape index (κ3) is 3.36. The van der Waals surface area contributed by atoms with Gasteiger partial charge in [-0.3, -0.25) is 4.79 Å². The van der Waals surface area contributed by atoms with Crippen molar-refractivity contribution in [3.63, 3.8) is 0 Å². The molecule has 98 valence electrons. The first-order valence-corrected chi connectivity index (χ1v) is 6.86. The zero-order valence-electron chi connectivity index (χ0n) is 9.77. The Bertz CT molecular complexity index is 456. The number of halogens is 3. The number of carbonyl (C=O) groups is 1. The summed E-state index contributed by atoms with van der Waals surface area (Å²) in [5.41, 5.74) is 0.525. The van der Waals surface area contributed by atoms with Crippen LogP contribution < -0.4 is 10.6 Å². The van der Waals surface area contributed by atoms with Gasteiger partial charge in [-0.25, -0.2) is 4.39 Å². The summed E-state index contributed by atoms with van der Waals surface area (Å²) in [6.07, 6.45) is 2.08. The van der Waals surface area contributed by atoms with Crippen LogP contribution in [0.15, 0.2) is 16.6 Å². The van der Waals surface area contributed by atoms with Crippen molar-refractivity contribution in [1.82, 2.24) is 5.32 Å². The van der Waals surface area contributed by atoms with Crippen LogP contribution in [0.5, 0.6) is 0 Å². The number of nitrogens with one attached hydrogen (secondary N) is 2. The molecule has 0 radical (unpaired) electrons. The third-order valence-corrected chi connectivity index (χ3v) is 3.61. The van der Waals surface area contributed by atoms with Gasteiger partial charge in [0.05, 0.1) is 10.7 Å². The molecule has 0 spiro atoms. The summed E-state index contributed by atoms with van der Waals surface area (Å²) < 4.78 is 13.6. The van der Waals surface area contributed by atoms with Gasteiger partial charge in [0, 0.05) is 10.5 Å². The fourth-order valence-electron chi connectivity index (χ4n) is 1.52. The summed E-state index contributed by atoms with van der Waals surface area (Å²) >= 11 is 9.16. The number of carbonyl (C=O) groups excluding carboxylic acids is 1. The number of benzene rings is 1. The Morgan fingerprint density at radius 2 is 2.22 bits per heavy atom. The van der Waals surface area contributed by atoms with Crippen LogP contribution in [0, 0.1) is 5.82 Å². The van der Waals surface area contributed by atoms with E-state index in [1.807, 2.05) is 0 Å². The molecule has 3 nitrogen and oxygen atoms in total. The van der Waals surface area contributed by atoms with Crippen molar-refractivity contribution in [3.8, 4) is 0 Å². The maximum Gasteiger partial charge on any atom is 0.242 e. The quantitative estimate of drug-likeness (QED) is 0.886.